The summed E-state index contributed by atoms with van der Waals surface area (Å²) in [5, 5.41) is 14.7. The van der Waals surface area contributed by atoms with Crippen LogP contribution in [0.25, 0.3) is 11.1 Å². The molecule has 0 radical (unpaired) electrons. The molecular weight excluding hydrogens is 548 g/mol. The van der Waals surface area contributed by atoms with E-state index in [0.717, 1.165) is 22.9 Å². The van der Waals surface area contributed by atoms with Crippen molar-refractivity contribution in [1.29, 1.82) is 0 Å². The van der Waals surface area contributed by atoms with Gasteiger partial charge in [0.2, 0.25) is 11.8 Å². The van der Waals surface area contributed by atoms with E-state index in [2.05, 4.69) is 10.3 Å². The molecule has 1 N–H and O–H groups in total. The molecule has 1 saturated heterocycles. The van der Waals surface area contributed by atoms with Gasteiger partial charge < -0.3 is 15.0 Å². The molecule has 14 heteroatoms. The number of nitro benzene ring substituents is 1. The number of likely N-dealkylation sites (tertiary alicyclic amines) is 1. The number of halogens is 2. The summed E-state index contributed by atoms with van der Waals surface area (Å²) in [5.74, 6) is -2.15. The predicted molar refractivity (Wildman–Crippen MR) is 144 cm³/mol. The van der Waals surface area contributed by atoms with Crippen molar-refractivity contribution in [3.05, 3.63) is 70.4 Å². The molecule has 2 heterocycles. The number of nitro groups is 1. The van der Waals surface area contributed by atoms with E-state index in [1.54, 1.807) is 11.0 Å². The molecule has 2 aromatic carbocycles. The van der Waals surface area contributed by atoms with Crippen molar-refractivity contribution in [1.82, 2.24) is 9.88 Å². The van der Waals surface area contributed by atoms with Crippen LogP contribution in [0.3, 0.4) is 0 Å². The van der Waals surface area contributed by atoms with Gasteiger partial charge in [0, 0.05) is 57.0 Å². The zero-order valence-corrected chi connectivity index (χ0v) is 22.6. The van der Waals surface area contributed by atoms with E-state index in [1.807, 2.05) is 0 Å². The summed E-state index contributed by atoms with van der Waals surface area (Å²) in [6.07, 6.45) is 3.36. The molecule has 1 aromatic heterocycles. The summed E-state index contributed by atoms with van der Waals surface area (Å²) in [4.78, 5) is 28.1. The summed E-state index contributed by atoms with van der Waals surface area (Å²) in [6, 6.07) is 7.93. The lowest BCUT2D eigenvalue weighted by Crippen LogP contribution is -2.28. The minimum absolute atomic E-state index is 0.0353. The second-order valence-corrected chi connectivity index (χ2v) is 11.0. The average molecular weight is 576 g/mol. The highest BCUT2D eigenvalue weighted by Crippen LogP contribution is 2.36. The van der Waals surface area contributed by atoms with Crippen LogP contribution in [0, 0.1) is 21.7 Å². The molecule has 11 nitrogen and oxygen atoms in total. The fraction of sp³-hybridized carbons (Fsp3) is 0.308. The molecule has 1 fully saturated rings. The van der Waals surface area contributed by atoms with E-state index >= 15 is 0 Å². The first-order valence-corrected chi connectivity index (χ1v) is 13.8. The molecule has 1 aliphatic heterocycles. The molecule has 1 aliphatic rings. The molecule has 4 rings (SSSR count). The number of hydrogen-bond acceptors (Lipinski definition) is 8. The maximum Gasteiger partial charge on any atom is 0.292 e. The fourth-order valence-corrected chi connectivity index (χ4v) is 5.62. The number of aromatic nitrogens is 1. The van der Waals surface area contributed by atoms with Gasteiger partial charge in [-0.05, 0) is 48.7 Å². The van der Waals surface area contributed by atoms with Gasteiger partial charge in [-0.1, -0.05) is 0 Å². The first-order chi connectivity index (χ1) is 19.0. The Bertz CT molecular complexity index is 1550. The van der Waals surface area contributed by atoms with Crippen molar-refractivity contribution in [2.24, 2.45) is 0 Å². The number of ether oxygens (including phenoxy) is 1. The fourth-order valence-electron chi connectivity index (χ4n) is 4.39. The Morgan fingerprint density at radius 2 is 1.95 bits per heavy atom. The standard InChI is InChI=1S/C26H27F2N5O6S/c1-31(40(37,38)24-9-7-19(27)15-20(24)28)23-14-18(16-30-26(23)39-2)17-6-8-22(33(35)36)21(13-17)29-10-4-12-32-11-3-5-25(32)34/h6-9,13-16,29H,3-5,10-12H2,1-2H3. The minimum atomic E-state index is -4.48. The van der Waals surface area contributed by atoms with Gasteiger partial charge in [-0.2, -0.15) is 0 Å². The van der Waals surface area contributed by atoms with E-state index in [-0.39, 0.29) is 28.8 Å². The Hall–Kier alpha value is -4.33. The predicted octanol–water partition coefficient (Wildman–Crippen LogP) is 4.19. The molecule has 212 valence electrons. The second kappa shape index (κ2) is 11.8. The lowest BCUT2D eigenvalue weighted by Gasteiger charge is -2.22. The van der Waals surface area contributed by atoms with E-state index in [0.29, 0.717) is 49.7 Å². The zero-order valence-electron chi connectivity index (χ0n) is 21.8. The van der Waals surface area contributed by atoms with Crippen molar-refractivity contribution in [2.45, 2.75) is 24.2 Å². The number of nitrogens with zero attached hydrogens (tertiary/aromatic N) is 4. The largest absolute Gasteiger partial charge is 0.479 e. The number of benzene rings is 2. The molecule has 0 atom stereocenters. The highest BCUT2D eigenvalue weighted by Gasteiger charge is 2.28. The normalized spacial score (nSPS) is 13.4. The number of anilines is 2. The first kappa shape index (κ1) is 28.7. The van der Waals surface area contributed by atoms with Crippen LogP contribution in [-0.4, -0.2) is 62.9 Å². The summed E-state index contributed by atoms with van der Waals surface area (Å²) in [7, 11) is -2.02. The molecule has 3 aromatic rings. The van der Waals surface area contributed by atoms with Crippen LogP contribution < -0.4 is 14.4 Å². The van der Waals surface area contributed by atoms with E-state index in [1.165, 1.54) is 38.6 Å². The monoisotopic (exact) mass is 575 g/mol. The number of sulfonamides is 1. The number of nitrogens with one attached hydrogen (secondary N) is 1. The topological polar surface area (TPSA) is 135 Å². The van der Waals surface area contributed by atoms with Crippen molar-refractivity contribution in [2.75, 3.05) is 43.4 Å². The van der Waals surface area contributed by atoms with E-state index in [4.69, 9.17) is 4.74 Å². The van der Waals surface area contributed by atoms with Crippen LogP contribution in [-0.2, 0) is 14.8 Å². The number of amides is 1. The van der Waals surface area contributed by atoms with Gasteiger partial charge in [0.15, 0.2) is 0 Å². The van der Waals surface area contributed by atoms with Gasteiger partial charge in [-0.25, -0.2) is 22.2 Å². The molecule has 0 saturated carbocycles. The number of pyridine rings is 1. The van der Waals surface area contributed by atoms with Gasteiger partial charge in [0.05, 0.1) is 12.0 Å². The van der Waals surface area contributed by atoms with Crippen LogP contribution in [0.1, 0.15) is 19.3 Å². The van der Waals surface area contributed by atoms with Crippen molar-refractivity contribution < 1.29 is 31.7 Å². The van der Waals surface area contributed by atoms with E-state index in [9.17, 15) is 32.1 Å². The summed E-state index contributed by atoms with van der Waals surface area (Å²) in [6.45, 7) is 1.63. The molecule has 0 aliphatic carbocycles. The zero-order chi connectivity index (χ0) is 29.0. The summed E-state index contributed by atoms with van der Waals surface area (Å²) in [5.41, 5.74) is 0.930. The van der Waals surface area contributed by atoms with Gasteiger partial charge in [-0.15, -0.1) is 0 Å². The smallest absolute Gasteiger partial charge is 0.292 e. The SMILES string of the molecule is COc1ncc(-c2ccc([N+](=O)[O-])c(NCCCN3CCCC3=O)c2)cc1N(C)S(=O)(=O)c1ccc(F)cc1F. The van der Waals surface area contributed by atoms with Gasteiger partial charge in [0.1, 0.15) is 27.9 Å². The van der Waals surface area contributed by atoms with Gasteiger partial charge >= 0.3 is 0 Å². The third-order valence-electron chi connectivity index (χ3n) is 6.52. The Balaban J connectivity index is 1.63. The van der Waals surface area contributed by atoms with Crippen LogP contribution in [0.4, 0.5) is 25.8 Å². The Labute approximate surface area is 229 Å². The quantitative estimate of drug-likeness (QED) is 0.204. The average Bonchev–Trinajstić information content (AvgIpc) is 3.34. The Kier molecular flexibility index (Phi) is 8.47. The van der Waals surface area contributed by atoms with Crippen LogP contribution in [0.2, 0.25) is 0 Å². The first-order valence-electron chi connectivity index (χ1n) is 12.3. The molecule has 0 bridgehead atoms. The summed E-state index contributed by atoms with van der Waals surface area (Å²) < 4.78 is 60.1. The van der Waals surface area contributed by atoms with Crippen molar-refractivity contribution >= 4 is 33.0 Å². The molecule has 40 heavy (non-hydrogen) atoms. The lowest BCUT2D eigenvalue weighted by atomic mass is 10.1. The molecule has 0 spiro atoms. The van der Waals surface area contributed by atoms with Crippen LogP contribution in [0.15, 0.2) is 53.6 Å². The maximum atomic E-state index is 14.4. The summed E-state index contributed by atoms with van der Waals surface area (Å²) >= 11 is 0. The molecule has 1 amide bonds. The highest BCUT2D eigenvalue weighted by molar-refractivity contribution is 7.92. The van der Waals surface area contributed by atoms with Crippen molar-refractivity contribution in [3.63, 3.8) is 0 Å². The van der Waals surface area contributed by atoms with Crippen molar-refractivity contribution in [3.8, 4) is 17.0 Å². The van der Waals surface area contributed by atoms with Crippen LogP contribution >= 0.6 is 0 Å². The van der Waals surface area contributed by atoms with Gasteiger partial charge in [-0.3, -0.25) is 19.2 Å². The second-order valence-electron chi connectivity index (χ2n) is 9.05. The number of rotatable bonds is 11. The number of methoxy groups -OCH3 is 1. The number of carbonyl (C=O) groups excluding carboxylic acids is 1. The van der Waals surface area contributed by atoms with Gasteiger partial charge in [0.25, 0.3) is 15.7 Å². The highest BCUT2D eigenvalue weighted by atomic mass is 32.2. The van der Waals surface area contributed by atoms with Crippen LogP contribution in [0.5, 0.6) is 5.88 Å². The van der Waals surface area contributed by atoms with E-state index < -0.39 is 31.5 Å². The minimum Gasteiger partial charge on any atom is -0.479 e. The third kappa shape index (κ3) is 5.96. The number of hydrogen-bond donors (Lipinski definition) is 1. The Morgan fingerprint density at radius 1 is 1.18 bits per heavy atom. The Morgan fingerprint density at radius 3 is 2.60 bits per heavy atom. The lowest BCUT2D eigenvalue weighted by molar-refractivity contribution is -0.383. The number of carbonyl (C=O) groups is 1. The molecule has 0 unspecified atom stereocenters. The molecular formula is C26H27F2N5O6S. The third-order valence-corrected chi connectivity index (χ3v) is 8.32. The maximum absolute atomic E-state index is 14.4.